The summed E-state index contributed by atoms with van der Waals surface area (Å²) in [5.41, 5.74) is 12.1. The predicted molar refractivity (Wildman–Crippen MR) is 229 cm³/mol. The Morgan fingerprint density at radius 3 is 1.27 bits per heavy atom. The van der Waals surface area contributed by atoms with Gasteiger partial charge in [-0.25, -0.2) is 19.9 Å². The lowest BCUT2D eigenvalue weighted by Gasteiger charge is -2.10. The zero-order valence-electron chi connectivity index (χ0n) is 29.7. The highest BCUT2D eigenvalue weighted by Crippen LogP contribution is 2.42. The van der Waals surface area contributed by atoms with Gasteiger partial charge in [0.15, 0.2) is 11.6 Å². The van der Waals surface area contributed by atoms with E-state index in [4.69, 9.17) is 19.9 Å². The first kappa shape index (κ1) is 32.6. The smallest absolute Gasteiger partial charge is 0.161 e. The molecule has 0 aliphatic rings. The van der Waals surface area contributed by atoms with E-state index in [2.05, 4.69) is 158 Å². The van der Waals surface area contributed by atoms with E-state index in [0.29, 0.717) is 11.6 Å². The van der Waals surface area contributed by atoms with E-state index >= 15 is 0 Å². The van der Waals surface area contributed by atoms with Crippen molar-refractivity contribution in [3.63, 3.8) is 0 Å². The van der Waals surface area contributed by atoms with Crippen LogP contribution in [0.15, 0.2) is 194 Å². The standard InChI is InChI=1S/C50H32N4S/c1-5-14-33(15-6-1)34-24-26-38(27-25-34)49-51-43(35-16-7-2-8-17-35)32-46(52-49)39-28-29-40-41-22-13-23-42(48(41)55-47(40)30-39)50-53-44(36-18-9-3-10-19-36)31-45(54-50)37-20-11-4-12-21-37/h1-32H. The molecule has 4 nitrogen and oxygen atoms in total. The zero-order valence-corrected chi connectivity index (χ0v) is 30.5. The van der Waals surface area contributed by atoms with E-state index in [1.54, 1.807) is 11.3 Å². The number of aromatic nitrogens is 4. The maximum Gasteiger partial charge on any atom is 0.161 e. The SMILES string of the molecule is c1ccc(-c2ccc(-c3nc(-c4ccccc4)cc(-c4ccc5c(c4)sc4c(-c6nc(-c7ccccc7)cc(-c7ccccc7)n6)cccc45)n3)cc2)cc1. The van der Waals surface area contributed by atoms with Crippen LogP contribution in [0.4, 0.5) is 0 Å². The largest absolute Gasteiger partial charge is 0.228 e. The highest BCUT2D eigenvalue weighted by molar-refractivity contribution is 7.26. The second-order valence-corrected chi connectivity index (χ2v) is 14.5. The fourth-order valence-corrected chi connectivity index (χ4v) is 8.39. The molecule has 55 heavy (non-hydrogen) atoms. The molecule has 0 atom stereocenters. The van der Waals surface area contributed by atoms with Crippen LogP contribution in [0.25, 0.3) is 99.1 Å². The molecular formula is C50H32N4S. The summed E-state index contributed by atoms with van der Waals surface area (Å²) in [7, 11) is 0. The predicted octanol–water partition coefficient (Wildman–Crippen LogP) is 13.3. The van der Waals surface area contributed by atoms with Gasteiger partial charge in [0.1, 0.15) is 0 Å². The second-order valence-electron chi connectivity index (χ2n) is 13.5. The topological polar surface area (TPSA) is 51.6 Å². The quantitative estimate of drug-likeness (QED) is 0.164. The highest BCUT2D eigenvalue weighted by Gasteiger charge is 2.17. The molecule has 0 bridgehead atoms. The Morgan fingerprint density at radius 1 is 0.291 bits per heavy atom. The maximum absolute atomic E-state index is 5.18. The Labute approximate surface area is 323 Å². The number of thiophene rings is 1. The minimum atomic E-state index is 0.694. The molecule has 258 valence electrons. The molecule has 10 aromatic rings. The molecule has 0 spiro atoms. The molecule has 0 amide bonds. The fourth-order valence-electron chi connectivity index (χ4n) is 7.14. The number of benzene rings is 7. The van der Waals surface area contributed by atoms with Crippen molar-refractivity contribution in [1.29, 1.82) is 0 Å². The van der Waals surface area contributed by atoms with Gasteiger partial charge in [0.25, 0.3) is 0 Å². The van der Waals surface area contributed by atoms with Gasteiger partial charge < -0.3 is 0 Å². The molecule has 0 radical (unpaired) electrons. The maximum atomic E-state index is 5.18. The van der Waals surface area contributed by atoms with Gasteiger partial charge in [0.2, 0.25) is 0 Å². The minimum absolute atomic E-state index is 0.694. The number of fused-ring (bicyclic) bond motifs is 3. The van der Waals surface area contributed by atoms with Crippen molar-refractivity contribution in [1.82, 2.24) is 19.9 Å². The van der Waals surface area contributed by atoms with Gasteiger partial charge in [0.05, 0.1) is 22.8 Å². The first-order valence-corrected chi connectivity index (χ1v) is 19.1. The summed E-state index contributed by atoms with van der Waals surface area (Å²) in [5.74, 6) is 1.41. The van der Waals surface area contributed by atoms with Crippen molar-refractivity contribution < 1.29 is 0 Å². The first-order valence-electron chi connectivity index (χ1n) is 18.3. The van der Waals surface area contributed by atoms with Crippen molar-refractivity contribution in [2.45, 2.75) is 0 Å². The number of nitrogens with zero attached hydrogens (tertiary/aromatic N) is 4. The number of hydrogen-bond acceptors (Lipinski definition) is 5. The van der Waals surface area contributed by atoms with Crippen LogP contribution >= 0.6 is 11.3 Å². The number of hydrogen-bond donors (Lipinski definition) is 0. The summed E-state index contributed by atoms with van der Waals surface area (Å²) in [6.07, 6.45) is 0. The molecule has 0 saturated carbocycles. The van der Waals surface area contributed by atoms with E-state index < -0.39 is 0 Å². The van der Waals surface area contributed by atoms with Crippen molar-refractivity contribution in [3.8, 4) is 78.9 Å². The third-order valence-electron chi connectivity index (χ3n) is 9.95. The summed E-state index contributed by atoms with van der Waals surface area (Å²) in [6.45, 7) is 0. The lowest BCUT2D eigenvalue weighted by Crippen LogP contribution is -1.96. The van der Waals surface area contributed by atoms with Crippen LogP contribution in [0.3, 0.4) is 0 Å². The molecule has 5 heteroatoms. The Morgan fingerprint density at radius 2 is 0.727 bits per heavy atom. The molecule has 7 aromatic carbocycles. The zero-order chi connectivity index (χ0) is 36.6. The third kappa shape index (κ3) is 6.37. The lowest BCUT2D eigenvalue weighted by atomic mass is 10.0. The molecule has 3 heterocycles. The first-order chi connectivity index (χ1) is 27.2. The Kier molecular flexibility index (Phi) is 8.32. The summed E-state index contributed by atoms with van der Waals surface area (Å²) in [6, 6.07) is 67.3. The minimum Gasteiger partial charge on any atom is -0.228 e. The normalized spacial score (nSPS) is 11.3. The van der Waals surface area contributed by atoms with E-state index in [9.17, 15) is 0 Å². The Bertz CT molecular complexity index is 2890. The monoisotopic (exact) mass is 720 g/mol. The van der Waals surface area contributed by atoms with E-state index in [1.807, 2.05) is 36.4 Å². The molecule has 0 unspecified atom stereocenters. The van der Waals surface area contributed by atoms with Gasteiger partial charge >= 0.3 is 0 Å². The van der Waals surface area contributed by atoms with Crippen LogP contribution in [0.1, 0.15) is 0 Å². The van der Waals surface area contributed by atoms with E-state index in [0.717, 1.165) is 66.4 Å². The molecule has 0 N–H and O–H groups in total. The van der Waals surface area contributed by atoms with Gasteiger partial charge in [-0.2, -0.15) is 0 Å². The molecule has 0 aliphatic heterocycles. The summed E-state index contributed by atoms with van der Waals surface area (Å²) < 4.78 is 2.34. The molecule has 3 aromatic heterocycles. The second kappa shape index (κ2) is 14.0. The molecule has 10 rings (SSSR count). The van der Waals surface area contributed by atoms with Gasteiger partial charge in [-0.3, -0.25) is 0 Å². The van der Waals surface area contributed by atoms with Crippen LogP contribution in [-0.2, 0) is 0 Å². The van der Waals surface area contributed by atoms with Crippen LogP contribution in [0, 0.1) is 0 Å². The molecule has 0 saturated heterocycles. The van der Waals surface area contributed by atoms with Gasteiger partial charge in [-0.15, -0.1) is 11.3 Å². The Balaban J connectivity index is 1.09. The Hall–Kier alpha value is -7.08. The third-order valence-corrected chi connectivity index (χ3v) is 11.1. The fraction of sp³-hybridized carbons (Fsp3) is 0. The van der Waals surface area contributed by atoms with Crippen molar-refractivity contribution in [2.75, 3.05) is 0 Å². The van der Waals surface area contributed by atoms with Gasteiger partial charge in [0, 0.05) is 53.6 Å². The van der Waals surface area contributed by atoms with Crippen molar-refractivity contribution in [2.24, 2.45) is 0 Å². The lowest BCUT2D eigenvalue weighted by molar-refractivity contribution is 1.18. The van der Waals surface area contributed by atoms with Crippen LogP contribution in [-0.4, -0.2) is 19.9 Å². The van der Waals surface area contributed by atoms with E-state index in [-0.39, 0.29) is 0 Å². The average Bonchev–Trinajstić information content (AvgIpc) is 3.66. The highest BCUT2D eigenvalue weighted by atomic mass is 32.1. The summed E-state index contributed by atoms with van der Waals surface area (Å²) in [5, 5.41) is 2.38. The molecular weight excluding hydrogens is 689 g/mol. The van der Waals surface area contributed by atoms with Crippen LogP contribution in [0.2, 0.25) is 0 Å². The average molecular weight is 721 g/mol. The molecule has 0 fully saturated rings. The number of rotatable bonds is 7. The molecule has 0 aliphatic carbocycles. The summed E-state index contributed by atoms with van der Waals surface area (Å²) in [4.78, 5) is 20.6. The van der Waals surface area contributed by atoms with Crippen molar-refractivity contribution >= 4 is 31.5 Å². The van der Waals surface area contributed by atoms with Crippen LogP contribution in [0.5, 0.6) is 0 Å². The van der Waals surface area contributed by atoms with E-state index in [1.165, 1.54) is 21.0 Å². The van der Waals surface area contributed by atoms with Gasteiger partial charge in [-0.05, 0) is 35.4 Å². The van der Waals surface area contributed by atoms with Crippen LogP contribution < -0.4 is 0 Å². The van der Waals surface area contributed by atoms with Gasteiger partial charge in [-0.1, -0.05) is 170 Å². The summed E-state index contributed by atoms with van der Waals surface area (Å²) >= 11 is 1.77. The van der Waals surface area contributed by atoms with Crippen molar-refractivity contribution in [3.05, 3.63) is 194 Å².